The molecule has 0 saturated heterocycles. The highest BCUT2D eigenvalue weighted by molar-refractivity contribution is 7.93. The second kappa shape index (κ2) is 20.1. The van der Waals surface area contributed by atoms with E-state index in [1.165, 1.54) is 13.8 Å². The van der Waals surface area contributed by atoms with E-state index in [4.69, 9.17) is 16.7 Å². The van der Waals surface area contributed by atoms with Gasteiger partial charge in [0.1, 0.15) is 40.9 Å². The number of aromatic nitrogens is 5. The van der Waals surface area contributed by atoms with Crippen LogP contribution in [-0.2, 0) is 67.5 Å². The van der Waals surface area contributed by atoms with E-state index < -0.39 is 162 Å². The van der Waals surface area contributed by atoms with E-state index in [2.05, 4.69) is 32.3 Å². The Kier molecular flexibility index (Phi) is 15.4. The Balaban J connectivity index is 1.65. The highest BCUT2D eigenvalue weighted by atomic mass is 35.5. The van der Waals surface area contributed by atoms with Crippen molar-refractivity contribution in [2.75, 3.05) is 30.4 Å². The van der Waals surface area contributed by atoms with Crippen LogP contribution in [-0.4, -0.2) is 106 Å². The van der Waals surface area contributed by atoms with Crippen LogP contribution in [0.2, 0.25) is 5.02 Å². The van der Waals surface area contributed by atoms with Gasteiger partial charge in [0.2, 0.25) is 15.9 Å². The van der Waals surface area contributed by atoms with Crippen LogP contribution in [0.4, 0.5) is 54.5 Å². The summed E-state index contributed by atoms with van der Waals surface area (Å²) in [7, 11) is -7.71. The molecule has 394 valence electrons. The minimum absolute atomic E-state index is 0.0291. The topological polar surface area (TPSA) is 207 Å². The zero-order chi connectivity index (χ0) is 54.6. The van der Waals surface area contributed by atoms with Gasteiger partial charge in [-0.1, -0.05) is 23.6 Å². The van der Waals surface area contributed by atoms with Crippen LogP contribution in [0.15, 0.2) is 42.5 Å². The van der Waals surface area contributed by atoms with Crippen molar-refractivity contribution in [3.05, 3.63) is 93.0 Å². The van der Waals surface area contributed by atoms with Crippen molar-refractivity contribution < 1.29 is 80.2 Å². The fraction of sp³-hybridized carbons (Fsp3) is 0.409. The van der Waals surface area contributed by atoms with Crippen molar-refractivity contribution in [2.45, 2.75) is 88.1 Å². The van der Waals surface area contributed by atoms with Crippen LogP contribution in [0, 0.1) is 23.5 Å². The average molecular weight is 1100 g/mol. The van der Waals surface area contributed by atoms with Crippen molar-refractivity contribution in [1.29, 1.82) is 0 Å². The van der Waals surface area contributed by atoms with Crippen LogP contribution in [0.1, 0.15) is 73.1 Å². The molecule has 0 bridgehead atoms. The lowest BCUT2D eigenvalue weighted by atomic mass is 9.93. The maximum Gasteiger partial charge on any atom is 0.435 e. The third-order valence-corrected chi connectivity index (χ3v) is 14.6. The first-order valence-corrected chi connectivity index (χ1v) is 25.4. The van der Waals surface area contributed by atoms with E-state index in [0.29, 0.717) is 12.3 Å². The number of fused-ring (bicyclic) bond motifs is 2. The van der Waals surface area contributed by atoms with E-state index in [-0.39, 0.29) is 49.0 Å². The molecular formula is C44H41ClF10N8O8S2. The zero-order valence-electron chi connectivity index (χ0n) is 38.7. The molecule has 1 aliphatic rings. The summed E-state index contributed by atoms with van der Waals surface area (Å²) in [5, 5.41) is 17.6. The van der Waals surface area contributed by atoms with Gasteiger partial charge in [-0.15, -0.1) is 0 Å². The third-order valence-electron chi connectivity index (χ3n) is 11.4. The second-order valence-electron chi connectivity index (χ2n) is 17.4. The number of nitrogens with zero attached hydrogens (tertiary/aromatic N) is 7. The summed E-state index contributed by atoms with van der Waals surface area (Å²) in [6.45, 7) is -1.26. The van der Waals surface area contributed by atoms with Gasteiger partial charge in [0.15, 0.2) is 21.3 Å². The fourth-order valence-corrected chi connectivity index (χ4v) is 9.14. The number of sulfonamides is 1. The molecule has 0 spiro atoms. The predicted molar refractivity (Wildman–Crippen MR) is 242 cm³/mol. The number of urea groups is 1. The molecule has 0 radical (unpaired) electrons. The molecule has 1 aliphatic carbocycles. The van der Waals surface area contributed by atoms with Crippen LogP contribution >= 0.6 is 11.6 Å². The number of hydrogen-bond acceptors (Lipinski definition) is 10. The lowest BCUT2D eigenvalue weighted by Gasteiger charge is -2.25. The van der Waals surface area contributed by atoms with Crippen LogP contribution < -0.4 is 9.62 Å². The maximum atomic E-state index is 15.2. The smallest absolute Gasteiger partial charge is 0.435 e. The minimum atomic E-state index is -5.24. The number of hydrogen-bond donors (Lipinski definition) is 2. The number of rotatable bonds is 15. The summed E-state index contributed by atoms with van der Waals surface area (Å²) in [4.78, 5) is 44.4. The lowest BCUT2D eigenvalue weighted by molar-refractivity contribution is -0.143. The molecule has 3 aromatic heterocycles. The number of halogens is 11. The molecular weight excluding hydrogens is 1060 g/mol. The number of aliphatic carboxylic acids is 1. The second-order valence-corrected chi connectivity index (χ2v) is 22.2. The van der Waals surface area contributed by atoms with Crippen molar-refractivity contribution in [3.63, 3.8) is 0 Å². The molecule has 0 unspecified atom stereocenters. The quantitative estimate of drug-likeness (QED) is 0.0764. The first-order valence-electron chi connectivity index (χ1n) is 21.3. The maximum absolute atomic E-state index is 15.2. The summed E-state index contributed by atoms with van der Waals surface area (Å²) in [5.41, 5.74) is -6.24. The van der Waals surface area contributed by atoms with Crippen molar-refractivity contribution in [3.8, 4) is 23.0 Å². The predicted octanol–water partition coefficient (Wildman–Crippen LogP) is 7.80. The van der Waals surface area contributed by atoms with Crippen molar-refractivity contribution in [1.82, 2.24) is 34.8 Å². The first kappa shape index (κ1) is 55.8. The molecule has 16 nitrogen and oxygen atoms in total. The number of pyridine rings is 1. The number of amides is 3. The Bertz CT molecular complexity index is 3310. The van der Waals surface area contributed by atoms with Gasteiger partial charge in [-0.3, -0.25) is 19.0 Å². The van der Waals surface area contributed by atoms with E-state index in [1.54, 1.807) is 0 Å². The van der Waals surface area contributed by atoms with E-state index >= 15 is 8.78 Å². The summed E-state index contributed by atoms with van der Waals surface area (Å²) < 4.78 is 196. The molecule has 0 saturated carbocycles. The van der Waals surface area contributed by atoms with Crippen LogP contribution in [0.3, 0.4) is 0 Å². The molecule has 0 aliphatic heterocycles. The van der Waals surface area contributed by atoms with Gasteiger partial charge in [0.25, 0.3) is 5.92 Å². The van der Waals surface area contributed by atoms with Gasteiger partial charge in [-0.25, -0.2) is 35.4 Å². The molecule has 1 atom stereocenters. The largest absolute Gasteiger partial charge is 0.481 e. The van der Waals surface area contributed by atoms with Gasteiger partial charge in [0.05, 0.1) is 33.9 Å². The number of carbonyl (C=O) groups excluding carboxylic acids is 2. The molecule has 5 aromatic rings. The highest BCUT2D eigenvalue weighted by Gasteiger charge is 2.50. The summed E-state index contributed by atoms with van der Waals surface area (Å²) in [6.07, 6.45) is -12.2. The number of carboxylic acids is 1. The fourth-order valence-electron chi connectivity index (χ4n) is 7.80. The number of carbonyl (C=O) groups is 3. The Morgan fingerprint density at radius 2 is 1.58 bits per heavy atom. The van der Waals surface area contributed by atoms with Gasteiger partial charge in [-0.2, -0.15) is 49.6 Å². The normalized spacial score (nSPS) is 14.4. The number of anilines is 1. The van der Waals surface area contributed by atoms with Gasteiger partial charge in [-0.05, 0) is 74.9 Å². The molecule has 6 rings (SSSR count). The molecule has 2 N–H and O–H groups in total. The molecule has 3 heterocycles. The Hall–Kier alpha value is -6.47. The molecule has 73 heavy (non-hydrogen) atoms. The highest BCUT2D eigenvalue weighted by Crippen LogP contribution is 2.47. The van der Waals surface area contributed by atoms with E-state index in [0.717, 1.165) is 54.6 Å². The molecule has 3 amide bonds. The number of nitrogens with one attached hydrogen (secondary N) is 1. The number of benzene rings is 2. The van der Waals surface area contributed by atoms with Crippen LogP contribution in [0.25, 0.3) is 22.0 Å². The van der Waals surface area contributed by atoms with E-state index in [9.17, 15) is 66.3 Å². The van der Waals surface area contributed by atoms with Crippen LogP contribution in [0.5, 0.6) is 0 Å². The Morgan fingerprint density at radius 3 is 2.15 bits per heavy atom. The first-order chi connectivity index (χ1) is 33.5. The third kappa shape index (κ3) is 12.5. The lowest BCUT2D eigenvalue weighted by Crippen LogP contribution is -2.45. The van der Waals surface area contributed by atoms with E-state index in [1.807, 2.05) is 0 Å². The van der Waals surface area contributed by atoms with Crippen molar-refractivity contribution >= 4 is 66.1 Å². The number of alkyl halides is 8. The monoisotopic (exact) mass is 1100 g/mol. The zero-order valence-corrected chi connectivity index (χ0v) is 41.1. The van der Waals surface area contributed by atoms with Gasteiger partial charge < -0.3 is 15.3 Å². The van der Waals surface area contributed by atoms with Gasteiger partial charge in [0, 0.05) is 55.4 Å². The minimum Gasteiger partial charge on any atom is -0.481 e. The molecule has 0 fully saturated rings. The summed E-state index contributed by atoms with van der Waals surface area (Å²) in [5.74, 6) is -4.76. The standard InChI is InChI=1S/C44H41ClF10N8O8S2/c1-41(2,72(4,68)69)14-12-26-8-9-27(28-10-11-30(45)34-36(28)62(22-43(50,51)52)59-39(34)63(73(5,70)71)40(67)60(3)16-6-7-33(65)66)35(56-26)31(19-23-17-24(46)20-25(47)18-23)57-32(64)21-61-38-29(13-15-42(38,48)49)37(58-61)44(53,54)55/h8-11,17-18,20,31H,6-7,13,15-16,19,21-22H2,1-5H3,(H,57,64)(H,65,66)/t31-/m0/s1. The molecule has 2 aromatic carbocycles. The average Bonchev–Trinajstić information content (AvgIpc) is 3.89. The SMILES string of the molecule is CN(CCCC(=O)O)C(=O)N(c1nn(CC(F)(F)F)c2c(-c3ccc(C#CC(C)(C)S(C)(=O)=O)nc3[C@H](Cc3cc(F)cc(F)c3)NC(=O)Cn3nc(C(F)(F)F)c4c3C(F)(F)CC4)ccc(Cl)c12)S(C)(=O)=O. The molecule has 29 heteroatoms. The number of carboxylic acid groups (broad SMARTS) is 1. The Labute approximate surface area is 414 Å². The number of sulfone groups is 1. The summed E-state index contributed by atoms with van der Waals surface area (Å²) >= 11 is 6.64. The Morgan fingerprint density at radius 1 is 0.945 bits per heavy atom. The van der Waals surface area contributed by atoms with Crippen molar-refractivity contribution in [2.24, 2.45) is 0 Å². The van der Waals surface area contributed by atoms with Gasteiger partial charge >= 0.3 is 24.4 Å². The summed E-state index contributed by atoms with van der Waals surface area (Å²) in [6, 6.07) is 3.20.